The third-order valence-electron chi connectivity index (χ3n) is 9.78. The first-order chi connectivity index (χ1) is 22.0. The van der Waals surface area contributed by atoms with E-state index in [9.17, 15) is 35.7 Å². The Bertz CT molecular complexity index is 1650. The first kappa shape index (κ1) is 32.6. The van der Waals surface area contributed by atoms with Crippen LogP contribution in [0.15, 0.2) is 30.9 Å². The Balaban J connectivity index is 1.11. The molecule has 46 heavy (non-hydrogen) atoms. The number of nitrogens with one attached hydrogen (secondary N) is 1. The van der Waals surface area contributed by atoms with Gasteiger partial charge in [0, 0.05) is 24.4 Å². The van der Waals surface area contributed by atoms with E-state index in [1.165, 1.54) is 17.2 Å². The summed E-state index contributed by atoms with van der Waals surface area (Å²) in [4.78, 5) is 21.9. The molecule has 16 heteroatoms. The number of benzene rings is 1. The van der Waals surface area contributed by atoms with Gasteiger partial charge in [0.05, 0.1) is 43.8 Å². The number of aryl methyl sites for hydroxylation is 1. The summed E-state index contributed by atoms with van der Waals surface area (Å²) in [7, 11) is 0. The molecule has 10 N–H and O–H groups in total. The number of nitrogens with two attached hydrogens (primary N) is 1. The molecule has 4 atom stereocenters. The van der Waals surface area contributed by atoms with Gasteiger partial charge in [0.1, 0.15) is 36.0 Å². The molecular formula is C30H42N8O8. The molecule has 0 bridgehead atoms. The van der Waals surface area contributed by atoms with Crippen molar-refractivity contribution in [2.45, 2.75) is 74.3 Å². The van der Waals surface area contributed by atoms with E-state index in [-0.39, 0.29) is 37.5 Å². The van der Waals surface area contributed by atoms with Crippen LogP contribution in [0.1, 0.15) is 43.8 Å². The van der Waals surface area contributed by atoms with Crippen LogP contribution < -0.4 is 5.73 Å². The van der Waals surface area contributed by atoms with Gasteiger partial charge in [-0.2, -0.15) is 0 Å². The largest absolute Gasteiger partial charge is 0.395 e. The van der Waals surface area contributed by atoms with Crippen LogP contribution in [-0.4, -0.2) is 133 Å². The maximum absolute atomic E-state index is 11.2. The van der Waals surface area contributed by atoms with Gasteiger partial charge in [0.25, 0.3) is 0 Å². The van der Waals surface area contributed by atoms with Gasteiger partial charge in [0.15, 0.2) is 23.4 Å². The Morgan fingerprint density at radius 1 is 1.04 bits per heavy atom. The van der Waals surface area contributed by atoms with Gasteiger partial charge in [-0.15, -0.1) is 0 Å². The number of nitrogens with zero attached hydrogens (tertiary/aromatic N) is 6. The number of aromatic nitrogens is 6. The fourth-order valence-electron chi connectivity index (χ4n) is 6.57. The zero-order chi connectivity index (χ0) is 32.8. The highest BCUT2D eigenvalue weighted by molar-refractivity contribution is 5.81. The maximum atomic E-state index is 11.2. The molecule has 1 saturated carbocycles. The second-order valence-electron chi connectivity index (χ2n) is 12.9. The molecule has 4 unspecified atom stereocenters. The Morgan fingerprint density at radius 3 is 2.48 bits per heavy atom. The molecule has 0 spiro atoms. The number of rotatable bonds is 13. The second kappa shape index (κ2) is 12.7. The third-order valence-corrected chi connectivity index (χ3v) is 9.78. The molecule has 0 amide bonds. The van der Waals surface area contributed by atoms with Crippen molar-refractivity contribution in [3.63, 3.8) is 0 Å². The number of imidazole rings is 2. The summed E-state index contributed by atoms with van der Waals surface area (Å²) in [6.45, 7) is -0.124. The number of aromatic amines is 1. The minimum atomic E-state index is -1.97. The summed E-state index contributed by atoms with van der Waals surface area (Å²) in [5, 5.41) is 72.7. The van der Waals surface area contributed by atoms with E-state index in [1.807, 2.05) is 18.2 Å². The van der Waals surface area contributed by atoms with Crippen LogP contribution in [0.4, 0.5) is 5.82 Å². The maximum Gasteiger partial charge on any atom is 0.167 e. The van der Waals surface area contributed by atoms with Crippen molar-refractivity contribution in [1.29, 1.82) is 0 Å². The topological polar surface area (TPSA) is 252 Å². The van der Waals surface area contributed by atoms with Crippen LogP contribution in [0, 0.1) is 5.92 Å². The number of H-pyrrole nitrogens is 1. The molecule has 3 aromatic heterocycles. The minimum Gasteiger partial charge on any atom is -0.395 e. The normalized spacial score (nSPS) is 25.6. The van der Waals surface area contributed by atoms with Gasteiger partial charge in [0.2, 0.25) is 0 Å². The molecular weight excluding hydrogens is 600 g/mol. The molecule has 2 fully saturated rings. The highest BCUT2D eigenvalue weighted by Crippen LogP contribution is 2.40. The second-order valence-corrected chi connectivity index (χ2v) is 12.9. The lowest BCUT2D eigenvalue weighted by Crippen LogP contribution is -2.63. The van der Waals surface area contributed by atoms with E-state index in [2.05, 4.69) is 24.9 Å². The molecule has 4 heterocycles. The van der Waals surface area contributed by atoms with E-state index >= 15 is 0 Å². The van der Waals surface area contributed by atoms with Crippen molar-refractivity contribution in [2.24, 2.45) is 5.92 Å². The number of anilines is 1. The summed E-state index contributed by atoms with van der Waals surface area (Å²) in [6.07, 6.45) is 0.743. The van der Waals surface area contributed by atoms with Gasteiger partial charge in [-0.05, 0) is 42.9 Å². The lowest BCUT2D eigenvalue weighted by Gasteiger charge is -2.50. The predicted molar refractivity (Wildman–Crippen MR) is 164 cm³/mol. The fourth-order valence-corrected chi connectivity index (χ4v) is 6.57. The number of aliphatic hydroxyl groups excluding tert-OH is 6. The first-order valence-corrected chi connectivity index (χ1v) is 15.4. The van der Waals surface area contributed by atoms with Crippen molar-refractivity contribution >= 4 is 28.0 Å². The highest BCUT2D eigenvalue weighted by Gasteiger charge is 2.50. The molecule has 6 rings (SSSR count). The molecule has 0 radical (unpaired) electrons. The molecule has 1 aromatic carbocycles. The Kier molecular flexibility index (Phi) is 9.01. The van der Waals surface area contributed by atoms with Crippen LogP contribution >= 0.6 is 0 Å². The average Bonchev–Trinajstić information content (AvgIpc) is 3.74. The van der Waals surface area contributed by atoms with Crippen molar-refractivity contribution < 1.29 is 40.5 Å². The van der Waals surface area contributed by atoms with Gasteiger partial charge < -0.3 is 51.2 Å². The van der Waals surface area contributed by atoms with Crippen molar-refractivity contribution in [1.82, 2.24) is 34.4 Å². The summed E-state index contributed by atoms with van der Waals surface area (Å²) in [5.41, 5.74) is 6.24. The molecule has 4 aromatic rings. The minimum absolute atomic E-state index is 0.0695. The quantitative estimate of drug-likeness (QED) is 0.0756. The lowest BCUT2D eigenvalue weighted by molar-refractivity contribution is -0.206. The van der Waals surface area contributed by atoms with Crippen LogP contribution in [0.3, 0.4) is 0 Å². The Morgan fingerprint density at radius 2 is 1.78 bits per heavy atom. The van der Waals surface area contributed by atoms with Crippen LogP contribution in [-0.2, 0) is 16.6 Å². The molecule has 1 aliphatic carbocycles. The summed E-state index contributed by atoms with van der Waals surface area (Å²) in [6, 6.07) is 5.41. The lowest BCUT2D eigenvalue weighted by atomic mass is 9.75. The molecule has 1 aliphatic heterocycles. The van der Waals surface area contributed by atoms with Crippen LogP contribution in [0.5, 0.6) is 0 Å². The number of ether oxygens (including phenoxy) is 1. The van der Waals surface area contributed by atoms with E-state index in [1.54, 1.807) is 11.8 Å². The van der Waals surface area contributed by atoms with E-state index in [0.717, 1.165) is 28.8 Å². The number of hydrogen-bond donors (Lipinski definition) is 9. The first-order valence-electron chi connectivity index (χ1n) is 15.4. The van der Waals surface area contributed by atoms with Crippen molar-refractivity contribution in [2.75, 3.05) is 38.7 Å². The number of aliphatic hydroxyl groups is 7. The van der Waals surface area contributed by atoms with Gasteiger partial charge in [-0.25, -0.2) is 19.9 Å². The number of nitrogen functional groups attached to an aromatic ring is 1. The van der Waals surface area contributed by atoms with Gasteiger partial charge in [-0.3, -0.25) is 9.47 Å². The Hall–Kier alpha value is -3.32. The van der Waals surface area contributed by atoms with E-state index in [4.69, 9.17) is 10.5 Å². The van der Waals surface area contributed by atoms with Gasteiger partial charge >= 0.3 is 0 Å². The Labute approximate surface area is 264 Å². The fraction of sp³-hybridized carbons (Fsp3) is 0.600. The van der Waals surface area contributed by atoms with Crippen LogP contribution in [0.25, 0.3) is 22.2 Å². The van der Waals surface area contributed by atoms with Crippen LogP contribution in [0.2, 0.25) is 0 Å². The zero-order valence-corrected chi connectivity index (χ0v) is 25.5. The predicted octanol–water partition coefficient (Wildman–Crippen LogP) is -1.47. The molecule has 16 nitrogen and oxygen atoms in total. The molecule has 2 aliphatic rings. The third kappa shape index (κ3) is 5.74. The molecule has 250 valence electrons. The van der Waals surface area contributed by atoms with Gasteiger partial charge in [-0.1, -0.05) is 13.0 Å². The number of hydrogen-bond acceptors (Lipinski definition) is 14. The van der Waals surface area contributed by atoms with E-state index in [0.29, 0.717) is 30.4 Å². The SMILES string of the molecule is CC(CO)(CO)c1ccc2nc(CCC3CC(N(CC4OC(n5cnc6c(N)ncnc65)C(O)C4O)C(O)(CO)CO)C3)[nH]c2c1. The summed E-state index contributed by atoms with van der Waals surface area (Å²) in [5.74, 6) is 1.25. The molecule has 1 saturated heterocycles. The number of fused-ring (bicyclic) bond motifs is 2. The summed E-state index contributed by atoms with van der Waals surface area (Å²) >= 11 is 0. The monoisotopic (exact) mass is 642 g/mol. The van der Waals surface area contributed by atoms with E-state index < -0.39 is 48.9 Å². The smallest absolute Gasteiger partial charge is 0.167 e. The highest BCUT2D eigenvalue weighted by atomic mass is 16.6. The average molecular weight is 643 g/mol. The summed E-state index contributed by atoms with van der Waals surface area (Å²) < 4.78 is 7.55. The van der Waals surface area contributed by atoms with Crippen molar-refractivity contribution in [3.8, 4) is 0 Å². The standard InChI is InChI=1S/C30H42N8O8/c1-29(10-39,11-40)17-3-4-19-20(8-17)36-22(35-19)5-2-16-6-18(7-16)38(30(45,12-41)13-42)9-21-24(43)25(44)28(46-21)37-15-34-23-26(31)32-14-33-27(23)37/h3-4,8,14-16,18,21,24-25,28,39-45H,2,5-7,9-13H2,1H3,(H,35,36)(H2,31,32,33). The van der Waals surface area contributed by atoms with Crippen molar-refractivity contribution in [3.05, 3.63) is 42.2 Å². The zero-order valence-electron chi connectivity index (χ0n) is 25.5.